The first-order valence-electron chi connectivity index (χ1n) is 9.40. The molecule has 0 radical (unpaired) electrons. The van der Waals surface area contributed by atoms with Gasteiger partial charge in [0.1, 0.15) is 11.5 Å². The van der Waals surface area contributed by atoms with Crippen LogP contribution in [-0.4, -0.2) is 34.3 Å². The van der Waals surface area contributed by atoms with Crippen molar-refractivity contribution in [2.45, 2.75) is 13.1 Å². The first-order chi connectivity index (χ1) is 15.0. The Morgan fingerprint density at radius 3 is 2.48 bits per heavy atom. The lowest BCUT2D eigenvalue weighted by Gasteiger charge is -2.13. The van der Waals surface area contributed by atoms with E-state index in [2.05, 4.69) is 9.72 Å². The van der Waals surface area contributed by atoms with Crippen molar-refractivity contribution in [3.63, 3.8) is 0 Å². The van der Waals surface area contributed by atoms with Gasteiger partial charge in [0.2, 0.25) is 5.76 Å². The van der Waals surface area contributed by atoms with Crippen molar-refractivity contribution < 1.29 is 18.7 Å². The van der Waals surface area contributed by atoms with Gasteiger partial charge in [0.25, 0.3) is 5.56 Å². The molecule has 158 valence electrons. The zero-order valence-corrected chi connectivity index (χ0v) is 16.9. The molecule has 9 nitrogen and oxygen atoms in total. The average Bonchev–Trinajstić information content (AvgIpc) is 3.28. The van der Waals surface area contributed by atoms with Crippen LogP contribution >= 0.6 is 0 Å². The fourth-order valence-electron chi connectivity index (χ4n) is 3.28. The monoisotopic (exact) mass is 421 g/mol. The Balaban J connectivity index is 1.80. The Bertz CT molecular complexity index is 1360. The lowest BCUT2D eigenvalue weighted by Crippen LogP contribution is -2.40. The van der Waals surface area contributed by atoms with Crippen molar-refractivity contribution in [1.82, 2.24) is 14.1 Å². The molecule has 0 spiro atoms. The number of esters is 1. The average molecular weight is 421 g/mol. The number of ether oxygens (including phenoxy) is 2. The highest BCUT2D eigenvalue weighted by Gasteiger charge is 2.17. The van der Waals surface area contributed by atoms with Crippen molar-refractivity contribution in [2.75, 3.05) is 14.2 Å². The van der Waals surface area contributed by atoms with E-state index < -0.39 is 17.2 Å². The van der Waals surface area contributed by atoms with E-state index in [-0.39, 0.29) is 24.4 Å². The number of carbonyl (C=O) groups excluding carboxylic acids is 1. The summed E-state index contributed by atoms with van der Waals surface area (Å²) in [5.74, 6) is 0.448. The number of aromatic nitrogens is 3. The molecular formula is C22H19N3O6. The molecule has 0 saturated heterocycles. The molecule has 0 saturated carbocycles. The van der Waals surface area contributed by atoms with Crippen LogP contribution in [-0.2, 0) is 17.8 Å². The normalized spacial score (nSPS) is 10.9. The molecule has 0 aliphatic rings. The molecule has 31 heavy (non-hydrogen) atoms. The summed E-state index contributed by atoms with van der Waals surface area (Å²) in [6, 6.07) is 13.4. The Morgan fingerprint density at radius 1 is 1.00 bits per heavy atom. The molecule has 0 unspecified atom stereocenters. The van der Waals surface area contributed by atoms with E-state index >= 15 is 0 Å². The molecule has 4 rings (SSSR count). The Morgan fingerprint density at radius 2 is 1.77 bits per heavy atom. The summed E-state index contributed by atoms with van der Waals surface area (Å²) in [4.78, 5) is 42.1. The van der Waals surface area contributed by atoms with Crippen LogP contribution in [0.3, 0.4) is 0 Å². The number of furan rings is 1. The molecule has 0 fully saturated rings. The molecule has 4 aromatic rings. The molecule has 1 aromatic carbocycles. The van der Waals surface area contributed by atoms with E-state index in [0.717, 1.165) is 10.1 Å². The SMILES string of the molecule is COC(=O)c1ccc(Cn2c(=O)n(Cc3ccc(OC)cc3)c(=O)c3ncccc32)o1. The lowest BCUT2D eigenvalue weighted by atomic mass is 10.2. The van der Waals surface area contributed by atoms with Crippen LogP contribution < -0.4 is 16.0 Å². The smallest absolute Gasteiger partial charge is 0.373 e. The summed E-state index contributed by atoms with van der Waals surface area (Å²) in [6.45, 7) is 0.0840. The van der Waals surface area contributed by atoms with Gasteiger partial charge in [0, 0.05) is 6.20 Å². The number of methoxy groups -OCH3 is 2. The minimum absolute atomic E-state index is 0.0148. The number of hydrogen-bond acceptors (Lipinski definition) is 7. The molecule has 0 aliphatic heterocycles. The van der Waals surface area contributed by atoms with Gasteiger partial charge in [-0.1, -0.05) is 12.1 Å². The first kappa shape index (κ1) is 20.1. The highest BCUT2D eigenvalue weighted by Crippen LogP contribution is 2.14. The Labute approximate surface area is 176 Å². The van der Waals surface area contributed by atoms with Crippen LogP contribution in [0.15, 0.2) is 68.7 Å². The van der Waals surface area contributed by atoms with Gasteiger partial charge >= 0.3 is 11.7 Å². The topological polar surface area (TPSA) is 106 Å². The van der Waals surface area contributed by atoms with E-state index in [0.29, 0.717) is 17.0 Å². The molecule has 0 bridgehead atoms. The van der Waals surface area contributed by atoms with Gasteiger partial charge in [0.15, 0.2) is 5.52 Å². The molecule has 0 N–H and O–H groups in total. The fraction of sp³-hybridized carbons (Fsp3) is 0.182. The fourth-order valence-corrected chi connectivity index (χ4v) is 3.28. The maximum atomic E-state index is 13.3. The Hall–Kier alpha value is -4.14. The summed E-state index contributed by atoms with van der Waals surface area (Å²) in [5.41, 5.74) is 0.294. The third-order valence-electron chi connectivity index (χ3n) is 4.85. The van der Waals surface area contributed by atoms with Crippen molar-refractivity contribution in [1.29, 1.82) is 0 Å². The maximum Gasteiger partial charge on any atom is 0.373 e. The third-order valence-corrected chi connectivity index (χ3v) is 4.85. The number of carbonyl (C=O) groups is 1. The minimum Gasteiger partial charge on any atom is -0.497 e. The molecule has 3 aromatic heterocycles. The van der Waals surface area contributed by atoms with Crippen LogP contribution in [0.25, 0.3) is 11.0 Å². The van der Waals surface area contributed by atoms with Crippen LogP contribution in [0.2, 0.25) is 0 Å². The van der Waals surface area contributed by atoms with Gasteiger partial charge in [-0.25, -0.2) is 14.6 Å². The molecular weight excluding hydrogens is 402 g/mol. The number of nitrogens with zero attached hydrogens (tertiary/aromatic N) is 3. The van der Waals surface area contributed by atoms with Gasteiger partial charge in [-0.2, -0.15) is 0 Å². The zero-order valence-electron chi connectivity index (χ0n) is 16.9. The predicted octanol–water partition coefficient (Wildman–Crippen LogP) is 2.04. The molecule has 0 atom stereocenters. The van der Waals surface area contributed by atoms with Crippen LogP contribution in [0.1, 0.15) is 21.9 Å². The van der Waals surface area contributed by atoms with Gasteiger partial charge < -0.3 is 13.9 Å². The maximum absolute atomic E-state index is 13.3. The quantitative estimate of drug-likeness (QED) is 0.439. The lowest BCUT2D eigenvalue weighted by molar-refractivity contribution is 0.0563. The van der Waals surface area contributed by atoms with Gasteiger partial charge in [0.05, 0.1) is 32.8 Å². The third kappa shape index (κ3) is 3.85. The second-order valence-electron chi connectivity index (χ2n) is 6.74. The highest BCUT2D eigenvalue weighted by molar-refractivity contribution is 5.86. The molecule has 0 aliphatic carbocycles. The van der Waals surface area contributed by atoms with Crippen LogP contribution in [0, 0.1) is 0 Å². The van der Waals surface area contributed by atoms with E-state index in [4.69, 9.17) is 9.15 Å². The van der Waals surface area contributed by atoms with Crippen molar-refractivity contribution in [2.24, 2.45) is 0 Å². The zero-order chi connectivity index (χ0) is 22.0. The van der Waals surface area contributed by atoms with Gasteiger partial charge in [-0.3, -0.25) is 13.9 Å². The van der Waals surface area contributed by atoms with Gasteiger partial charge in [-0.05, 0) is 42.0 Å². The van der Waals surface area contributed by atoms with Crippen LogP contribution in [0.4, 0.5) is 0 Å². The van der Waals surface area contributed by atoms with E-state index in [1.807, 2.05) is 0 Å². The molecule has 9 heteroatoms. The highest BCUT2D eigenvalue weighted by atomic mass is 16.5. The number of rotatable bonds is 6. The number of benzene rings is 1. The summed E-state index contributed by atoms with van der Waals surface area (Å²) >= 11 is 0. The van der Waals surface area contributed by atoms with E-state index in [1.165, 1.54) is 23.9 Å². The minimum atomic E-state index is -0.616. The second-order valence-corrected chi connectivity index (χ2v) is 6.74. The Kier molecular flexibility index (Phi) is 5.40. The molecule has 3 heterocycles. The van der Waals surface area contributed by atoms with Crippen LogP contribution in [0.5, 0.6) is 5.75 Å². The van der Waals surface area contributed by atoms with Gasteiger partial charge in [-0.15, -0.1) is 0 Å². The summed E-state index contributed by atoms with van der Waals surface area (Å²) in [5, 5.41) is 0. The van der Waals surface area contributed by atoms with E-state index in [9.17, 15) is 14.4 Å². The number of pyridine rings is 1. The first-order valence-corrected chi connectivity index (χ1v) is 9.40. The number of fused-ring (bicyclic) bond motifs is 1. The molecule has 0 amide bonds. The van der Waals surface area contributed by atoms with Crippen molar-refractivity contribution in [3.8, 4) is 5.75 Å². The predicted molar refractivity (Wildman–Crippen MR) is 112 cm³/mol. The van der Waals surface area contributed by atoms with Crippen molar-refractivity contribution in [3.05, 3.63) is 92.6 Å². The van der Waals surface area contributed by atoms with E-state index in [1.54, 1.807) is 49.6 Å². The standard InChI is InChI=1S/C22H19N3O6/c1-29-15-7-5-14(6-8-15)12-25-20(26)19-17(4-3-11-23-19)24(22(25)28)13-16-9-10-18(31-16)21(27)30-2/h3-11H,12-13H2,1-2H3. The summed E-state index contributed by atoms with van der Waals surface area (Å²) in [6.07, 6.45) is 1.50. The van der Waals surface area contributed by atoms with Crippen molar-refractivity contribution >= 4 is 17.0 Å². The summed E-state index contributed by atoms with van der Waals surface area (Å²) in [7, 11) is 2.82. The number of hydrogen-bond donors (Lipinski definition) is 0. The summed E-state index contributed by atoms with van der Waals surface area (Å²) < 4.78 is 17.8. The second kappa shape index (κ2) is 8.31. The largest absolute Gasteiger partial charge is 0.497 e.